The second-order valence-corrected chi connectivity index (χ2v) is 18.9. The molecule has 5 aliphatic carbocycles. The number of rotatable bonds is 2. The summed E-state index contributed by atoms with van der Waals surface area (Å²) in [6.45, 7) is 17.7. The average Bonchev–Trinajstić information content (AvgIpc) is 2.99. The summed E-state index contributed by atoms with van der Waals surface area (Å²) in [4.78, 5) is 29.8. The molecule has 3 saturated carbocycles. The molecular weight excluding hydrogens is 608 g/mol. The number of carbonyl (C=O) groups excluding carboxylic acids is 2. The number of fused-ring (bicyclic) bond motifs is 3. The highest BCUT2D eigenvalue weighted by Gasteiger charge is 2.86. The van der Waals surface area contributed by atoms with Gasteiger partial charge in [0.05, 0.1) is 36.9 Å². The van der Waals surface area contributed by atoms with Crippen LogP contribution in [0.15, 0.2) is 17.7 Å². The highest BCUT2D eigenvalue weighted by atomic mass is 16.6. The van der Waals surface area contributed by atoms with Gasteiger partial charge in [-0.05, 0) is 90.7 Å². The number of allylic oxidation sites excluding steroid dienone is 1. The number of ether oxygens (including phenoxy) is 4. The van der Waals surface area contributed by atoms with Crippen molar-refractivity contribution >= 4 is 11.6 Å². The molecule has 0 amide bonds. The van der Waals surface area contributed by atoms with Crippen molar-refractivity contribution < 1.29 is 38.7 Å². The molecule has 3 saturated heterocycles. The number of carbonyl (C=O) groups is 2. The Morgan fingerprint density at radius 2 is 1.48 bits per heavy atom. The van der Waals surface area contributed by atoms with Crippen LogP contribution < -0.4 is 9.47 Å². The number of hydrogen-bond donors (Lipinski definition) is 2. The number of aliphatic hydroxyl groups excluding tert-OH is 2. The molecule has 10 aliphatic rings. The number of aliphatic hydroxyl groups is 2. The Hall–Kier alpha value is -2.26. The van der Waals surface area contributed by atoms with Crippen molar-refractivity contribution in [2.75, 3.05) is 13.2 Å². The maximum Gasteiger partial charge on any atom is 0.251 e. The SMILES string of the molecule is CC(C)C1=C[C@@]23Oc4c(C(C)C)cc5c(c4O[C@@]2(C(=O)C1=O)C12COC3C[C@H]1C(C)(C)C[C@H](O)C2)C12COC5C[C@H]1C(C)(C)C[C@H](O)C2. The zero-order valence-corrected chi connectivity index (χ0v) is 29.8. The summed E-state index contributed by atoms with van der Waals surface area (Å²) in [7, 11) is 0. The van der Waals surface area contributed by atoms with Gasteiger partial charge in [0.25, 0.3) is 5.78 Å². The van der Waals surface area contributed by atoms with E-state index in [1.807, 2.05) is 19.9 Å². The molecule has 11 rings (SSSR count). The van der Waals surface area contributed by atoms with Crippen LogP contribution in [0.4, 0.5) is 0 Å². The van der Waals surface area contributed by atoms with Gasteiger partial charge >= 0.3 is 0 Å². The highest BCUT2D eigenvalue weighted by Crippen LogP contribution is 2.74. The van der Waals surface area contributed by atoms with Gasteiger partial charge < -0.3 is 29.2 Å². The number of benzene rings is 1. The molecule has 2 N–H and O–H groups in total. The lowest BCUT2D eigenvalue weighted by molar-refractivity contribution is -0.346. The third kappa shape index (κ3) is 3.42. The highest BCUT2D eigenvalue weighted by molar-refractivity contribution is 6.48. The molecule has 260 valence electrons. The molecule has 8 nitrogen and oxygen atoms in total. The van der Waals surface area contributed by atoms with Crippen molar-refractivity contribution in [2.45, 2.75) is 141 Å². The molecule has 1 aromatic rings. The third-order valence-corrected chi connectivity index (χ3v) is 14.7. The van der Waals surface area contributed by atoms with Crippen molar-refractivity contribution in [3.63, 3.8) is 0 Å². The van der Waals surface area contributed by atoms with Gasteiger partial charge in [-0.1, -0.05) is 55.4 Å². The molecule has 5 aliphatic heterocycles. The monoisotopic (exact) mass is 660 g/mol. The molecule has 2 spiro atoms. The Kier molecular flexibility index (Phi) is 6.17. The van der Waals surface area contributed by atoms with Crippen molar-refractivity contribution in [1.82, 2.24) is 0 Å². The molecule has 4 unspecified atom stereocenters. The first-order valence-corrected chi connectivity index (χ1v) is 18.5. The van der Waals surface area contributed by atoms with E-state index in [2.05, 4.69) is 47.6 Å². The summed E-state index contributed by atoms with van der Waals surface area (Å²) >= 11 is 0. The average molecular weight is 661 g/mol. The van der Waals surface area contributed by atoms with Gasteiger partial charge in [-0.15, -0.1) is 0 Å². The molecule has 1 aromatic carbocycles. The topological polar surface area (TPSA) is 112 Å². The van der Waals surface area contributed by atoms with Crippen molar-refractivity contribution in [3.05, 3.63) is 34.4 Å². The summed E-state index contributed by atoms with van der Waals surface area (Å²) in [5.41, 5.74) is -1.65. The lowest BCUT2D eigenvalue weighted by Crippen LogP contribution is -2.89. The molecule has 10 atom stereocenters. The molecule has 8 heteroatoms. The standard InChI is InChI=1S/C40H52O8/c1-19(2)23-9-24-26-10-27-35(5,6)12-21(41)14-37(27,17-45-26)30(24)33-32(23)47-39-16-25(20(3)4)31(43)34(44)40(39,48-33)38-15-22(42)13-36(7,8)28(38)11-29(39)46-18-38/h9,16,19-22,26-29,41-42H,10-15,17-18H2,1-8H3/t21-,22-,26?,27-,28-,29?,37?,38?,39-,40-/m0/s1. The maximum atomic E-state index is 15.4. The van der Waals surface area contributed by atoms with Crippen LogP contribution in [-0.2, 0) is 24.5 Å². The number of Topliss-reactive ketones (excluding diaryl/α,β-unsaturated/α-hetero) is 2. The van der Waals surface area contributed by atoms with E-state index < -0.39 is 51.9 Å². The van der Waals surface area contributed by atoms with Crippen LogP contribution in [0, 0.1) is 34.0 Å². The van der Waals surface area contributed by atoms with E-state index >= 15 is 4.79 Å². The minimum Gasteiger partial charge on any atom is -0.471 e. The van der Waals surface area contributed by atoms with Crippen LogP contribution >= 0.6 is 0 Å². The first-order valence-electron chi connectivity index (χ1n) is 18.5. The molecule has 6 fully saturated rings. The molecule has 0 aromatic heterocycles. The smallest absolute Gasteiger partial charge is 0.251 e. The van der Waals surface area contributed by atoms with Crippen molar-refractivity contribution in [1.29, 1.82) is 0 Å². The van der Waals surface area contributed by atoms with Gasteiger partial charge in [0, 0.05) is 22.1 Å². The fourth-order valence-corrected chi connectivity index (χ4v) is 13.1. The van der Waals surface area contributed by atoms with Gasteiger partial charge in [-0.2, -0.15) is 0 Å². The zero-order chi connectivity index (χ0) is 34.1. The van der Waals surface area contributed by atoms with E-state index in [9.17, 15) is 15.0 Å². The van der Waals surface area contributed by atoms with E-state index in [0.717, 1.165) is 23.1 Å². The largest absolute Gasteiger partial charge is 0.471 e. The zero-order valence-electron chi connectivity index (χ0n) is 29.8. The van der Waals surface area contributed by atoms with E-state index in [1.54, 1.807) is 0 Å². The lowest BCUT2D eigenvalue weighted by Gasteiger charge is -2.74. The van der Waals surface area contributed by atoms with Crippen molar-refractivity contribution in [2.24, 2.45) is 34.0 Å². The fraction of sp³-hybridized carbons (Fsp3) is 0.750. The first-order chi connectivity index (χ1) is 22.4. The summed E-state index contributed by atoms with van der Waals surface area (Å²) in [6.07, 6.45) is 3.69. The van der Waals surface area contributed by atoms with E-state index in [0.29, 0.717) is 49.4 Å². The molecular formula is C40H52O8. The molecule has 5 heterocycles. The van der Waals surface area contributed by atoms with E-state index in [-0.39, 0.29) is 53.6 Å². The minimum atomic E-state index is -1.72. The minimum absolute atomic E-state index is 0.0404. The first kappa shape index (κ1) is 31.7. The van der Waals surface area contributed by atoms with Crippen LogP contribution in [0.1, 0.15) is 123 Å². The normalized spacial score (nSPS) is 45.6. The Balaban J connectivity index is 1.39. The van der Waals surface area contributed by atoms with Gasteiger partial charge in [0.1, 0.15) is 6.10 Å². The molecule has 0 radical (unpaired) electrons. The lowest BCUT2D eigenvalue weighted by atomic mass is 9.38. The Morgan fingerprint density at radius 1 is 0.792 bits per heavy atom. The second-order valence-electron chi connectivity index (χ2n) is 18.9. The Bertz CT molecular complexity index is 1690. The van der Waals surface area contributed by atoms with Crippen LogP contribution in [0.3, 0.4) is 0 Å². The predicted molar refractivity (Wildman–Crippen MR) is 177 cm³/mol. The second kappa shape index (κ2) is 9.34. The Labute approximate surface area is 283 Å². The van der Waals surface area contributed by atoms with Crippen LogP contribution in [-0.4, -0.2) is 64.5 Å². The third-order valence-electron chi connectivity index (χ3n) is 14.7. The van der Waals surface area contributed by atoms with Gasteiger partial charge in [-0.25, -0.2) is 0 Å². The summed E-state index contributed by atoms with van der Waals surface area (Å²) in [6, 6.07) is 2.24. The predicted octanol–water partition coefficient (Wildman–Crippen LogP) is 5.89. The molecule has 48 heavy (non-hydrogen) atoms. The summed E-state index contributed by atoms with van der Waals surface area (Å²) in [5, 5.41) is 23.0. The quantitative estimate of drug-likeness (QED) is 0.378. The number of hydrogen-bond acceptors (Lipinski definition) is 8. The Morgan fingerprint density at radius 3 is 2.17 bits per heavy atom. The van der Waals surface area contributed by atoms with Gasteiger partial charge in [0.15, 0.2) is 11.5 Å². The van der Waals surface area contributed by atoms with Crippen LogP contribution in [0.2, 0.25) is 0 Å². The van der Waals surface area contributed by atoms with Gasteiger partial charge in [0.2, 0.25) is 17.0 Å². The summed E-state index contributed by atoms with van der Waals surface area (Å²) < 4.78 is 28.6. The maximum absolute atomic E-state index is 15.4. The van der Waals surface area contributed by atoms with Gasteiger partial charge in [-0.3, -0.25) is 9.59 Å². The fourth-order valence-electron chi connectivity index (χ4n) is 13.1. The summed E-state index contributed by atoms with van der Waals surface area (Å²) in [5.74, 6) is 0.140. The van der Waals surface area contributed by atoms with Crippen LogP contribution in [0.5, 0.6) is 11.5 Å². The number of ketones is 2. The molecule has 4 bridgehead atoms. The van der Waals surface area contributed by atoms with E-state index in [1.165, 1.54) is 0 Å². The van der Waals surface area contributed by atoms with Crippen LogP contribution in [0.25, 0.3) is 0 Å². The van der Waals surface area contributed by atoms with Crippen molar-refractivity contribution in [3.8, 4) is 11.5 Å². The van der Waals surface area contributed by atoms with E-state index in [4.69, 9.17) is 18.9 Å².